The van der Waals surface area contributed by atoms with Crippen molar-refractivity contribution in [2.45, 2.75) is 39.7 Å². The van der Waals surface area contributed by atoms with Gasteiger partial charge in [-0.05, 0) is 24.8 Å². The molecule has 0 aliphatic carbocycles. The Morgan fingerprint density at radius 2 is 1.81 bits per heavy atom. The number of carbonyl (C=O) groups excluding carboxylic acids is 2. The molecule has 3 rings (SSSR count). The first-order valence-electron chi connectivity index (χ1n) is 9.53. The molecule has 27 heavy (non-hydrogen) atoms. The molecule has 7 nitrogen and oxygen atoms in total. The van der Waals surface area contributed by atoms with Crippen molar-refractivity contribution in [1.29, 1.82) is 0 Å². The molecule has 1 saturated heterocycles. The summed E-state index contributed by atoms with van der Waals surface area (Å²) in [7, 11) is 0. The monoisotopic (exact) mass is 370 g/mol. The number of benzene rings is 1. The minimum Gasteiger partial charge on any atom is -0.350 e. The largest absolute Gasteiger partial charge is 0.350 e. The van der Waals surface area contributed by atoms with Gasteiger partial charge in [0.15, 0.2) is 5.69 Å². The van der Waals surface area contributed by atoms with Crippen LogP contribution in [-0.2, 0) is 11.3 Å². The van der Waals surface area contributed by atoms with Gasteiger partial charge in [0.05, 0.1) is 5.39 Å². The van der Waals surface area contributed by atoms with Gasteiger partial charge in [-0.1, -0.05) is 32.0 Å². The molecule has 1 N–H and O–H groups in total. The fourth-order valence-electron chi connectivity index (χ4n) is 3.36. The summed E-state index contributed by atoms with van der Waals surface area (Å²) in [6, 6.07) is 7.00. The summed E-state index contributed by atoms with van der Waals surface area (Å²) < 4.78 is 1.36. The molecule has 1 aliphatic rings. The van der Waals surface area contributed by atoms with E-state index in [0.29, 0.717) is 17.3 Å². The van der Waals surface area contributed by atoms with Crippen LogP contribution in [0.5, 0.6) is 0 Å². The molecule has 1 fully saturated rings. The average Bonchev–Trinajstić information content (AvgIpc) is 3.18. The number of hydrogen-bond acceptors (Lipinski definition) is 4. The lowest BCUT2D eigenvalue weighted by Crippen LogP contribution is -2.34. The molecule has 0 spiro atoms. The van der Waals surface area contributed by atoms with Gasteiger partial charge in [0, 0.05) is 38.0 Å². The summed E-state index contributed by atoms with van der Waals surface area (Å²) in [4.78, 5) is 39.2. The zero-order chi connectivity index (χ0) is 19.4. The quantitative estimate of drug-likeness (QED) is 0.840. The molecule has 2 aromatic rings. The van der Waals surface area contributed by atoms with Gasteiger partial charge in [0.1, 0.15) is 0 Å². The van der Waals surface area contributed by atoms with Crippen LogP contribution in [-0.4, -0.2) is 46.1 Å². The van der Waals surface area contributed by atoms with Gasteiger partial charge in [-0.15, -0.1) is 0 Å². The highest BCUT2D eigenvalue weighted by Crippen LogP contribution is 2.14. The number of rotatable bonds is 6. The van der Waals surface area contributed by atoms with Crippen molar-refractivity contribution in [1.82, 2.24) is 20.0 Å². The number of likely N-dealkylation sites (tertiary alicyclic amines) is 1. The van der Waals surface area contributed by atoms with E-state index in [2.05, 4.69) is 10.4 Å². The smallest absolute Gasteiger partial charge is 0.274 e. The van der Waals surface area contributed by atoms with Gasteiger partial charge < -0.3 is 10.2 Å². The summed E-state index contributed by atoms with van der Waals surface area (Å²) in [5, 5.41) is 8.11. The van der Waals surface area contributed by atoms with Crippen molar-refractivity contribution >= 4 is 22.6 Å². The third-order valence-electron chi connectivity index (χ3n) is 4.70. The number of amides is 2. The van der Waals surface area contributed by atoms with E-state index in [1.54, 1.807) is 24.3 Å². The lowest BCUT2D eigenvalue weighted by molar-refractivity contribution is -0.129. The van der Waals surface area contributed by atoms with Crippen molar-refractivity contribution in [2.24, 2.45) is 5.92 Å². The van der Waals surface area contributed by atoms with Gasteiger partial charge in [0.25, 0.3) is 11.5 Å². The lowest BCUT2D eigenvalue weighted by Gasteiger charge is -2.15. The van der Waals surface area contributed by atoms with E-state index in [0.717, 1.165) is 25.9 Å². The lowest BCUT2D eigenvalue weighted by atomic mass is 10.1. The maximum Gasteiger partial charge on any atom is 0.274 e. The Morgan fingerprint density at radius 3 is 2.48 bits per heavy atom. The minimum atomic E-state index is -0.363. The summed E-state index contributed by atoms with van der Waals surface area (Å²) in [5.74, 6) is -0.0707. The van der Waals surface area contributed by atoms with Crippen LogP contribution in [0.4, 0.5) is 0 Å². The Labute approximate surface area is 158 Å². The fraction of sp³-hybridized carbons (Fsp3) is 0.500. The third-order valence-corrected chi connectivity index (χ3v) is 4.70. The zero-order valence-electron chi connectivity index (χ0n) is 15.9. The Hall–Kier alpha value is -2.70. The standard InChI is InChI=1S/C20H26N4O3/c1-14(2)13-24-20(27)16-8-4-3-7-15(16)18(22-24)19(26)21-10-9-17(25)23-11-5-6-12-23/h3-4,7-8,14H,5-6,9-13H2,1-2H3,(H,21,26). The molecule has 1 aromatic carbocycles. The molecule has 1 aliphatic heterocycles. The second-order valence-electron chi connectivity index (χ2n) is 7.37. The van der Waals surface area contributed by atoms with Crippen molar-refractivity contribution in [3.8, 4) is 0 Å². The Morgan fingerprint density at radius 1 is 1.15 bits per heavy atom. The van der Waals surface area contributed by atoms with E-state index in [1.807, 2.05) is 18.7 Å². The fourth-order valence-corrected chi connectivity index (χ4v) is 3.36. The van der Waals surface area contributed by atoms with E-state index in [9.17, 15) is 14.4 Å². The van der Waals surface area contributed by atoms with Crippen LogP contribution in [0.3, 0.4) is 0 Å². The van der Waals surface area contributed by atoms with Crippen LogP contribution in [0, 0.1) is 5.92 Å². The van der Waals surface area contributed by atoms with Gasteiger partial charge >= 0.3 is 0 Å². The van der Waals surface area contributed by atoms with Crippen molar-refractivity contribution in [3.05, 3.63) is 40.3 Å². The minimum absolute atomic E-state index is 0.0652. The number of nitrogens with one attached hydrogen (secondary N) is 1. The maximum atomic E-state index is 12.7. The molecule has 0 atom stereocenters. The topological polar surface area (TPSA) is 84.3 Å². The van der Waals surface area contributed by atoms with Gasteiger partial charge in [-0.25, -0.2) is 4.68 Å². The number of fused-ring (bicyclic) bond motifs is 1. The van der Waals surface area contributed by atoms with Crippen LogP contribution in [0.25, 0.3) is 10.8 Å². The highest BCUT2D eigenvalue weighted by atomic mass is 16.2. The molecule has 0 bridgehead atoms. The first-order valence-corrected chi connectivity index (χ1v) is 9.53. The molecule has 0 unspecified atom stereocenters. The second kappa shape index (κ2) is 8.33. The summed E-state index contributed by atoms with van der Waals surface area (Å²) in [5.41, 5.74) is 0.0273. The summed E-state index contributed by atoms with van der Waals surface area (Å²) >= 11 is 0. The SMILES string of the molecule is CC(C)Cn1nc(C(=O)NCCC(=O)N2CCCC2)c2ccccc2c1=O. The molecule has 0 saturated carbocycles. The summed E-state index contributed by atoms with van der Waals surface area (Å²) in [6.45, 7) is 6.29. The molecule has 144 valence electrons. The van der Waals surface area contributed by atoms with E-state index >= 15 is 0 Å². The number of carbonyl (C=O) groups is 2. The molecule has 2 heterocycles. The number of aromatic nitrogens is 2. The molecule has 0 radical (unpaired) electrons. The maximum absolute atomic E-state index is 12.7. The predicted molar refractivity (Wildman–Crippen MR) is 104 cm³/mol. The van der Waals surface area contributed by atoms with Crippen molar-refractivity contribution in [2.75, 3.05) is 19.6 Å². The van der Waals surface area contributed by atoms with Gasteiger partial charge in [-0.3, -0.25) is 14.4 Å². The Balaban J connectivity index is 1.78. The molecular weight excluding hydrogens is 344 g/mol. The molecular formula is C20H26N4O3. The third kappa shape index (κ3) is 4.35. The molecule has 1 aromatic heterocycles. The average molecular weight is 370 g/mol. The summed E-state index contributed by atoms with van der Waals surface area (Å²) in [6.07, 6.45) is 2.37. The highest BCUT2D eigenvalue weighted by Gasteiger charge is 2.19. The van der Waals surface area contributed by atoms with E-state index in [-0.39, 0.29) is 42.0 Å². The zero-order valence-corrected chi connectivity index (χ0v) is 15.9. The second-order valence-corrected chi connectivity index (χ2v) is 7.37. The van der Waals surface area contributed by atoms with Crippen LogP contribution in [0.1, 0.15) is 43.6 Å². The van der Waals surface area contributed by atoms with Gasteiger partial charge in [-0.2, -0.15) is 5.10 Å². The van der Waals surface area contributed by atoms with E-state index < -0.39 is 0 Å². The molecule has 2 amide bonds. The van der Waals surface area contributed by atoms with Crippen LogP contribution < -0.4 is 10.9 Å². The van der Waals surface area contributed by atoms with Crippen molar-refractivity contribution in [3.63, 3.8) is 0 Å². The van der Waals surface area contributed by atoms with E-state index in [1.165, 1.54) is 4.68 Å². The molecule has 7 heteroatoms. The van der Waals surface area contributed by atoms with Gasteiger partial charge in [0.2, 0.25) is 5.91 Å². The first kappa shape index (κ1) is 19.1. The van der Waals surface area contributed by atoms with Crippen LogP contribution in [0.2, 0.25) is 0 Å². The highest BCUT2D eigenvalue weighted by molar-refractivity contribution is 6.04. The van der Waals surface area contributed by atoms with Crippen LogP contribution >= 0.6 is 0 Å². The normalized spacial score (nSPS) is 14.1. The first-order chi connectivity index (χ1) is 13.0. The van der Waals surface area contributed by atoms with Crippen molar-refractivity contribution < 1.29 is 9.59 Å². The van der Waals surface area contributed by atoms with E-state index in [4.69, 9.17) is 0 Å². The number of nitrogens with zero attached hydrogens (tertiary/aromatic N) is 3. The number of hydrogen-bond donors (Lipinski definition) is 1. The Kier molecular flexibility index (Phi) is 5.88. The van der Waals surface area contributed by atoms with Crippen LogP contribution in [0.15, 0.2) is 29.1 Å². The Bertz CT molecular complexity index is 898. The predicted octanol–water partition coefficient (Wildman–Crippen LogP) is 1.79.